The molecule has 2 aromatic heterocycles. The van der Waals surface area contributed by atoms with Gasteiger partial charge in [0.25, 0.3) is 0 Å². The van der Waals surface area contributed by atoms with Crippen molar-refractivity contribution in [3.63, 3.8) is 0 Å². The smallest absolute Gasteiger partial charge is 0.191 e. The molecule has 0 spiro atoms. The number of aromatic nitrogens is 4. The molecular weight excluding hydrogens is 368 g/mol. The Bertz CT molecular complexity index is 986. The first kappa shape index (κ1) is 19.0. The number of thioether (sulfide) groups is 1. The first-order chi connectivity index (χ1) is 13.6. The number of nitrogens with zero attached hydrogens (tertiary/aromatic N) is 4. The minimum absolute atomic E-state index is 0.149. The molecule has 6 heteroatoms. The van der Waals surface area contributed by atoms with Gasteiger partial charge in [0, 0.05) is 36.0 Å². The number of Topliss-reactive ketones (excluding diaryl/α,β-unsaturated/α-hetero) is 1. The lowest BCUT2D eigenvalue weighted by Crippen LogP contribution is -2.08. The third-order valence-electron chi connectivity index (χ3n) is 5.39. The van der Waals surface area contributed by atoms with Gasteiger partial charge in [-0.15, -0.1) is 10.2 Å². The van der Waals surface area contributed by atoms with Crippen LogP contribution in [-0.4, -0.2) is 30.9 Å². The number of hydrogen-bond acceptors (Lipinski definition) is 4. The molecule has 0 unspecified atom stereocenters. The summed E-state index contributed by atoms with van der Waals surface area (Å²) in [5.41, 5.74) is 4.19. The van der Waals surface area contributed by atoms with E-state index in [-0.39, 0.29) is 5.78 Å². The molecule has 146 valence electrons. The highest BCUT2D eigenvalue weighted by atomic mass is 32.2. The van der Waals surface area contributed by atoms with Crippen LogP contribution in [0.4, 0.5) is 0 Å². The fraction of sp³-hybridized carbons (Fsp3) is 0.409. The van der Waals surface area contributed by atoms with Gasteiger partial charge in [-0.3, -0.25) is 4.79 Å². The largest absolute Gasteiger partial charge is 0.344 e. The average molecular weight is 395 g/mol. The second-order valence-electron chi connectivity index (χ2n) is 7.43. The highest BCUT2D eigenvalue weighted by Gasteiger charge is 2.30. The summed E-state index contributed by atoms with van der Waals surface area (Å²) in [6.07, 6.45) is 2.41. The van der Waals surface area contributed by atoms with Crippen LogP contribution in [0.1, 0.15) is 58.8 Å². The van der Waals surface area contributed by atoms with Crippen LogP contribution < -0.4 is 0 Å². The number of rotatable bonds is 8. The van der Waals surface area contributed by atoms with Crippen molar-refractivity contribution in [3.05, 3.63) is 64.7 Å². The van der Waals surface area contributed by atoms with Crippen molar-refractivity contribution >= 4 is 17.5 Å². The lowest BCUT2D eigenvalue weighted by Gasteiger charge is -2.10. The minimum Gasteiger partial charge on any atom is -0.344 e. The zero-order valence-electron chi connectivity index (χ0n) is 16.7. The van der Waals surface area contributed by atoms with E-state index in [9.17, 15) is 4.79 Å². The van der Waals surface area contributed by atoms with Crippen LogP contribution in [0.3, 0.4) is 0 Å². The molecular formula is C22H26N4OS. The van der Waals surface area contributed by atoms with Crippen LogP contribution in [0.2, 0.25) is 0 Å². The summed E-state index contributed by atoms with van der Waals surface area (Å²) in [5, 5.41) is 9.55. The Kier molecular flexibility index (Phi) is 5.40. The van der Waals surface area contributed by atoms with E-state index in [1.165, 1.54) is 30.2 Å². The molecule has 28 heavy (non-hydrogen) atoms. The van der Waals surface area contributed by atoms with E-state index in [0.717, 1.165) is 41.0 Å². The standard InChI is InChI=1S/C22H26N4OS/c1-4-25-21(18-10-11-18)23-24-22(25)28-14-20(27)19-12-15(2)26(16(19)3)13-17-8-6-5-7-9-17/h5-9,12,18H,4,10-11,13-14H2,1-3H3. The van der Waals surface area contributed by atoms with Gasteiger partial charge in [0.1, 0.15) is 5.82 Å². The molecule has 1 fully saturated rings. The van der Waals surface area contributed by atoms with E-state index in [0.29, 0.717) is 11.7 Å². The van der Waals surface area contributed by atoms with Crippen molar-refractivity contribution in [1.29, 1.82) is 0 Å². The summed E-state index contributed by atoms with van der Waals surface area (Å²) in [6, 6.07) is 12.4. The molecule has 0 amide bonds. The van der Waals surface area contributed by atoms with Crippen LogP contribution in [0.5, 0.6) is 0 Å². The van der Waals surface area contributed by atoms with Crippen molar-refractivity contribution in [3.8, 4) is 0 Å². The maximum Gasteiger partial charge on any atom is 0.191 e. The molecule has 4 rings (SSSR count). The zero-order valence-corrected chi connectivity index (χ0v) is 17.5. The quantitative estimate of drug-likeness (QED) is 0.413. The summed E-state index contributed by atoms with van der Waals surface area (Å²) < 4.78 is 4.38. The maximum absolute atomic E-state index is 12.9. The molecule has 1 aliphatic carbocycles. The summed E-state index contributed by atoms with van der Waals surface area (Å²) >= 11 is 1.50. The van der Waals surface area contributed by atoms with Crippen LogP contribution in [0.15, 0.2) is 41.6 Å². The predicted octanol–water partition coefficient (Wildman–Crippen LogP) is 4.62. The number of carbonyl (C=O) groups is 1. The van der Waals surface area contributed by atoms with E-state index in [1.54, 1.807) is 0 Å². The molecule has 2 heterocycles. The summed E-state index contributed by atoms with van der Waals surface area (Å²) in [4.78, 5) is 12.9. The predicted molar refractivity (Wildman–Crippen MR) is 112 cm³/mol. The monoisotopic (exact) mass is 394 g/mol. The number of hydrogen-bond donors (Lipinski definition) is 0. The van der Waals surface area contributed by atoms with Crippen molar-refractivity contribution in [2.75, 3.05) is 5.75 Å². The first-order valence-corrected chi connectivity index (χ1v) is 10.9. The van der Waals surface area contributed by atoms with Gasteiger partial charge in [-0.05, 0) is 45.2 Å². The third-order valence-corrected chi connectivity index (χ3v) is 6.36. The Morgan fingerprint density at radius 2 is 1.89 bits per heavy atom. The van der Waals surface area contributed by atoms with E-state index in [2.05, 4.69) is 45.3 Å². The Morgan fingerprint density at radius 1 is 1.14 bits per heavy atom. The first-order valence-electron chi connectivity index (χ1n) is 9.88. The van der Waals surface area contributed by atoms with E-state index < -0.39 is 0 Å². The molecule has 1 aromatic carbocycles. The van der Waals surface area contributed by atoms with Gasteiger partial charge in [0.05, 0.1) is 5.75 Å². The second-order valence-corrected chi connectivity index (χ2v) is 8.37. The normalized spacial score (nSPS) is 13.8. The van der Waals surface area contributed by atoms with E-state index in [1.807, 2.05) is 31.2 Å². The van der Waals surface area contributed by atoms with Crippen molar-refractivity contribution in [2.45, 2.75) is 57.8 Å². The Balaban J connectivity index is 1.47. The highest BCUT2D eigenvalue weighted by Crippen LogP contribution is 2.40. The molecule has 1 saturated carbocycles. The minimum atomic E-state index is 0.149. The Labute approximate surface area is 170 Å². The van der Waals surface area contributed by atoms with Crippen molar-refractivity contribution < 1.29 is 4.79 Å². The van der Waals surface area contributed by atoms with Crippen LogP contribution in [-0.2, 0) is 13.1 Å². The van der Waals surface area contributed by atoms with Crippen LogP contribution in [0.25, 0.3) is 0 Å². The summed E-state index contributed by atoms with van der Waals surface area (Å²) in [7, 11) is 0. The van der Waals surface area contributed by atoms with Gasteiger partial charge in [0.2, 0.25) is 0 Å². The van der Waals surface area contributed by atoms with Gasteiger partial charge < -0.3 is 9.13 Å². The highest BCUT2D eigenvalue weighted by molar-refractivity contribution is 7.99. The lowest BCUT2D eigenvalue weighted by atomic mass is 10.2. The number of ketones is 1. The van der Waals surface area contributed by atoms with Crippen LogP contribution in [0, 0.1) is 13.8 Å². The molecule has 0 bridgehead atoms. The summed E-state index contributed by atoms with van der Waals surface area (Å²) in [6.45, 7) is 7.84. The topological polar surface area (TPSA) is 52.7 Å². The van der Waals surface area contributed by atoms with Gasteiger partial charge in [-0.25, -0.2) is 0 Å². The van der Waals surface area contributed by atoms with Crippen molar-refractivity contribution in [1.82, 2.24) is 19.3 Å². The van der Waals surface area contributed by atoms with Crippen LogP contribution >= 0.6 is 11.8 Å². The Morgan fingerprint density at radius 3 is 2.57 bits per heavy atom. The molecule has 0 atom stereocenters. The molecule has 0 aliphatic heterocycles. The second kappa shape index (κ2) is 7.95. The fourth-order valence-corrected chi connectivity index (χ4v) is 4.54. The van der Waals surface area contributed by atoms with Gasteiger partial charge in [0.15, 0.2) is 10.9 Å². The lowest BCUT2D eigenvalue weighted by molar-refractivity contribution is 0.102. The van der Waals surface area contributed by atoms with E-state index >= 15 is 0 Å². The van der Waals surface area contributed by atoms with E-state index in [4.69, 9.17) is 0 Å². The molecule has 0 radical (unpaired) electrons. The number of aryl methyl sites for hydroxylation is 1. The average Bonchev–Trinajstić information content (AvgIpc) is 3.41. The van der Waals surface area contributed by atoms with Gasteiger partial charge in [-0.1, -0.05) is 42.1 Å². The third kappa shape index (κ3) is 3.78. The molecule has 3 aromatic rings. The number of benzene rings is 1. The zero-order chi connectivity index (χ0) is 19.7. The molecule has 1 aliphatic rings. The van der Waals surface area contributed by atoms with Gasteiger partial charge >= 0.3 is 0 Å². The van der Waals surface area contributed by atoms with Crippen molar-refractivity contribution in [2.24, 2.45) is 0 Å². The molecule has 0 saturated heterocycles. The van der Waals surface area contributed by atoms with Gasteiger partial charge in [-0.2, -0.15) is 0 Å². The molecule has 0 N–H and O–H groups in total. The Hall–Kier alpha value is -2.34. The SMILES string of the molecule is CCn1c(SCC(=O)c2cc(C)n(Cc3ccccc3)c2C)nnc1C1CC1. The maximum atomic E-state index is 12.9. The summed E-state index contributed by atoms with van der Waals surface area (Å²) in [5.74, 6) is 2.18. The number of carbonyl (C=O) groups excluding carboxylic acids is 1. The molecule has 5 nitrogen and oxygen atoms in total. The fourth-order valence-electron chi connectivity index (χ4n) is 3.65.